The summed E-state index contributed by atoms with van der Waals surface area (Å²) < 4.78 is 23.2. The smallest absolute Gasteiger partial charge is 0.349 e. The summed E-state index contributed by atoms with van der Waals surface area (Å²) in [5.74, 6) is 1.87. The summed E-state index contributed by atoms with van der Waals surface area (Å²) in [5, 5.41) is 44.5. The maximum atomic E-state index is 12.0. The number of ether oxygens (including phenoxy) is 2. The van der Waals surface area contributed by atoms with E-state index in [1.807, 2.05) is 157 Å². The number of aromatic amines is 1. The second-order valence-electron chi connectivity index (χ2n) is 20.5. The first-order valence-corrected chi connectivity index (χ1v) is 29.1. The molecule has 464 valence electrons. The van der Waals surface area contributed by atoms with Crippen LogP contribution in [0.1, 0.15) is 48.2 Å². The van der Waals surface area contributed by atoms with Crippen molar-refractivity contribution in [3.05, 3.63) is 190 Å². The minimum absolute atomic E-state index is 0.0883. The fourth-order valence-electron chi connectivity index (χ4n) is 7.87. The number of nitrogens with zero attached hydrogens (tertiary/aromatic N) is 8. The Morgan fingerprint density at radius 2 is 1.10 bits per heavy atom. The van der Waals surface area contributed by atoms with Gasteiger partial charge in [-0.15, -0.1) is 0 Å². The molecule has 5 aromatic carbocycles. The molecule has 0 saturated heterocycles. The zero-order valence-corrected chi connectivity index (χ0v) is 52.7. The topological polar surface area (TPSA) is 303 Å². The van der Waals surface area contributed by atoms with E-state index in [4.69, 9.17) is 50.2 Å². The van der Waals surface area contributed by atoms with Gasteiger partial charge in [0, 0.05) is 104 Å². The Hall–Kier alpha value is -9.09. The number of aldehydes is 1. The van der Waals surface area contributed by atoms with Crippen LogP contribution in [0.4, 0.5) is 28.7 Å². The Balaban J connectivity index is 0.000000208. The van der Waals surface area contributed by atoms with Crippen molar-refractivity contribution in [1.82, 2.24) is 19.9 Å². The number of aromatic nitrogens is 4. The molecule has 0 aliphatic heterocycles. The minimum Gasteiger partial charge on any atom is -0.471 e. The molecule has 4 heterocycles. The molecular formula is C66H78IN11O10. The van der Waals surface area contributed by atoms with Gasteiger partial charge in [-0.25, -0.2) is 9.78 Å². The highest BCUT2D eigenvalue weighted by Crippen LogP contribution is 2.28. The van der Waals surface area contributed by atoms with Gasteiger partial charge < -0.3 is 74.8 Å². The third kappa shape index (κ3) is 23.0. The molecule has 0 aliphatic rings. The number of anilines is 5. The number of rotatable bonds is 21. The van der Waals surface area contributed by atoms with Gasteiger partial charge in [0.1, 0.15) is 46.6 Å². The number of nitriles is 1. The second kappa shape index (κ2) is 36.1. The van der Waals surface area contributed by atoms with Crippen LogP contribution in [-0.2, 0) is 22.7 Å². The van der Waals surface area contributed by atoms with Gasteiger partial charge in [0.15, 0.2) is 17.7 Å². The van der Waals surface area contributed by atoms with Gasteiger partial charge in [-0.1, -0.05) is 42.5 Å². The SMILES string of the molecule is CN(CCO)c1ccc(-c2ccc(/C=C(\C#N)C(=O)OC(C)(C)C)o2)cc1.CN(CCO)c1ccc(-c2ccc(C=O)o2)cc1.CN(CCO)c1ccc(I)cc1.CN(CCO)c1ccccc1.NCc1ccc(COc2nc(N)nc3nc[nH]c23)cc1. The molecule has 0 atom stereocenters. The van der Waals surface area contributed by atoms with Crippen molar-refractivity contribution >= 4 is 80.8 Å². The molecule has 9 N–H and O–H groups in total. The lowest BCUT2D eigenvalue weighted by Gasteiger charge is -2.18. The van der Waals surface area contributed by atoms with E-state index in [1.54, 1.807) is 45.0 Å². The van der Waals surface area contributed by atoms with Crippen molar-refractivity contribution in [2.75, 3.05) is 106 Å². The molecule has 0 aliphatic carbocycles. The van der Waals surface area contributed by atoms with Gasteiger partial charge >= 0.3 is 5.97 Å². The van der Waals surface area contributed by atoms with Crippen molar-refractivity contribution in [1.29, 1.82) is 5.26 Å². The standard InChI is InChI=1S/C21H24N2O4.C14H15NO3.C13H14N6O.C9H12INO.C9H13NO/c1-21(2,3)27-20(25)16(14-22)13-18-9-10-19(26-18)15-5-7-17(8-6-15)23(4)11-12-24;1-15(8-9-16)12-4-2-11(3-5-12)14-7-6-13(10-17)18-14;14-5-8-1-3-9(4-2-8)6-20-12-10-11(17-7-16-10)18-13(15)19-12;1-11(6-7-12)9-4-2-8(10)3-5-9;1-10(7-8-11)9-5-3-2-4-6-9/h5-10,13,24H,11-12H2,1-4H3;2-7,10,16H,8-9H2,1H3;1-4,7H,5-6,14H2,(H3,15,16,17,18,19);2-5,12H,6-7H2,1H3;2-6,11H,7-8H2,1H3/b16-13+;;;;. The van der Waals surface area contributed by atoms with Gasteiger partial charge in [0.05, 0.1) is 32.8 Å². The van der Waals surface area contributed by atoms with Crippen LogP contribution in [0.25, 0.3) is 39.9 Å². The number of hydrogen-bond donors (Lipinski definition) is 7. The largest absolute Gasteiger partial charge is 0.471 e. The number of nitrogen functional groups attached to an aromatic ring is 1. The maximum Gasteiger partial charge on any atom is 0.349 e. The number of carbonyl (C=O) groups excluding carboxylic acids is 2. The Morgan fingerprint density at radius 1 is 0.648 bits per heavy atom. The number of nitrogens with two attached hydrogens (primary N) is 2. The molecule has 9 rings (SSSR count). The van der Waals surface area contributed by atoms with E-state index < -0.39 is 11.6 Å². The van der Waals surface area contributed by atoms with Crippen LogP contribution in [0.3, 0.4) is 0 Å². The Morgan fingerprint density at radius 3 is 1.55 bits per heavy atom. The Kier molecular flexibility index (Phi) is 28.6. The predicted octanol–water partition coefficient (Wildman–Crippen LogP) is 9.62. The third-order valence-corrected chi connectivity index (χ3v) is 13.4. The fourth-order valence-corrected chi connectivity index (χ4v) is 8.23. The quantitative estimate of drug-likeness (QED) is 0.0116. The molecule has 0 unspecified atom stereocenters. The second-order valence-corrected chi connectivity index (χ2v) is 21.7. The number of hydrogen-bond acceptors (Lipinski definition) is 20. The van der Waals surface area contributed by atoms with E-state index in [0.717, 1.165) is 45.0 Å². The van der Waals surface area contributed by atoms with Crippen LogP contribution >= 0.6 is 22.6 Å². The minimum atomic E-state index is -0.681. The number of likely N-dealkylation sites (N-methyl/N-ethyl adjacent to an activating group) is 4. The maximum absolute atomic E-state index is 12.0. The van der Waals surface area contributed by atoms with Gasteiger partial charge in [-0.05, 0) is 164 Å². The van der Waals surface area contributed by atoms with Gasteiger partial charge in [-0.3, -0.25) is 4.79 Å². The number of fused-ring (bicyclic) bond motifs is 1. The number of esters is 1. The first kappa shape index (κ1) is 69.7. The molecule has 4 aromatic heterocycles. The van der Waals surface area contributed by atoms with E-state index in [9.17, 15) is 14.9 Å². The van der Waals surface area contributed by atoms with Gasteiger partial charge in [0.2, 0.25) is 11.8 Å². The molecular weight excluding hydrogens is 1230 g/mol. The number of aliphatic hydroxyl groups is 4. The first-order valence-electron chi connectivity index (χ1n) is 28.0. The van der Waals surface area contributed by atoms with Crippen LogP contribution in [0.15, 0.2) is 172 Å². The number of furan rings is 2. The molecule has 0 radical (unpaired) electrons. The van der Waals surface area contributed by atoms with E-state index >= 15 is 0 Å². The van der Waals surface area contributed by atoms with E-state index in [-0.39, 0.29) is 37.9 Å². The van der Waals surface area contributed by atoms with Gasteiger partial charge in [0.25, 0.3) is 0 Å². The average Bonchev–Trinajstić information content (AvgIpc) is 4.30. The zero-order chi connectivity index (χ0) is 64.0. The summed E-state index contributed by atoms with van der Waals surface area (Å²) in [7, 11) is 7.76. The lowest BCUT2D eigenvalue weighted by Crippen LogP contribution is -2.24. The molecule has 0 fully saturated rings. The molecule has 0 bridgehead atoms. The van der Waals surface area contributed by atoms with Crippen molar-refractivity contribution in [3.8, 4) is 34.6 Å². The number of nitrogens with one attached hydrogen (secondary N) is 1. The highest BCUT2D eigenvalue weighted by molar-refractivity contribution is 14.1. The number of halogens is 1. The zero-order valence-electron chi connectivity index (χ0n) is 50.6. The van der Waals surface area contributed by atoms with Crippen LogP contribution < -0.4 is 35.8 Å². The summed E-state index contributed by atoms with van der Waals surface area (Å²) in [6.45, 7) is 9.26. The monoisotopic (exact) mass is 1310 g/mol. The van der Waals surface area contributed by atoms with Crippen LogP contribution in [-0.4, -0.2) is 139 Å². The van der Waals surface area contributed by atoms with E-state index in [0.29, 0.717) is 85.7 Å². The summed E-state index contributed by atoms with van der Waals surface area (Å²) in [4.78, 5) is 45.6. The van der Waals surface area contributed by atoms with Gasteiger partial charge in [-0.2, -0.15) is 15.2 Å². The highest BCUT2D eigenvalue weighted by Gasteiger charge is 2.21. The number of para-hydroxylation sites is 1. The average molecular weight is 1310 g/mol. The number of carbonyl (C=O) groups is 2. The molecule has 88 heavy (non-hydrogen) atoms. The summed E-state index contributed by atoms with van der Waals surface area (Å²) >= 11 is 2.27. The summed E-state index contributed by atoms with van der Waals surface area (Å²) in [6.07, 6.45) is 3.59. The van der Waals surface area contributed by atoms with Crippen molar-refractivity contribution in [2.24, 2.45) is 5.73 Å². The van der Waals surface area contributed by atoms with Crippen LogP contribution in [0, 0.1) is 14.9 Å². The number of benzene rings is 5. The number of H-pyrrole nitrogens is 1. The van der Waals surface area contributed by atoms with E-state index in [2.05, 4.69) is 66.8 Å². The molecule has 0 saturated carbocycles. The molecule has 0 spiro atoms. The molecule has 21 nitrogen and oxygen atoms in total. The fraction of sp³-hybridized carbons (Fsp3) is 0.273. The number of aliphatic hydroxyl groups excluding tert-OH is 4. The Bertz CT molecular complexity index is 3570. The highest BCUT2D eigenvalue weighted by atomic mass is 127. The first-order chi connectivity index (χ1) is 42.3. The van der Waals surface area contributed by atoms with Crippen molar-refractivity contribution in [3.63, 3.8) is 0 Å². The molecule has 22 heteroatoms. The molecule has 0 amide bonds. The van der Waals surface area contributed by atoms with E-state index in [1.165, 1.54) is 16.0 Å². The Labute approximate surface area is 527 Å². The lowest BCUT2D eigenvalue weighted by molar-refractivity contribution is -0.149. The van der Waals surface area contributed by atoms with Crippen molar-refractivity contribution in [2.45, 2.75) is 39.5 Å². The predicted molar refractivity (Wildman–Crippen MR) is 355 cm³/mol. The lowest BCUT2D eigenvalue weighted by atomic mass is 10.1. The molecule has 9 aromatic rings. The third-order valence-electron chi connectivity index (χ3n) is 12.7. The van der Waals surface area contributed by atoms with Crippen LogP contribution in [0.2, 0.25) is 0 Å². The summed E-state index contributed by atoms with van der Waals surface area (Å²) in [5.41, 5.74) is 19.7. The van der Waals surface area contributed by atoms with Crippen LogP contribution in [0.5, 0.6) is 5.88 Å². The van der Waals surface area contributed by atoms with Crippen molar-refractivity contribution < 1.29 is 48.3 Å². The number of imidazole rings is 1. The summed E-state index contributed by atoms with van der Waals surface area (Å²) in [6, 6.07) is 50.3. The normalized spacial score (nSPS) is 10.8.